The van der Waals surface area contributed by atoms with Crippen molar-refractivity contribution in [2.24, 2.45) is 5.92 Å². The Morgan fingerprint density at radius 3 is 2.76 bits per heavy atom. The van der Waals surface area contributed by atoms with Crippen molar-refractivity contribution in [3.05, 3.63) is 24.4 Å². The van der Waals surface area contributed by atoms with Gasteiger partial charge in [-0.05, 0) is 37.9 Å². The molecule has 1 atom stereocenters. The van der Waals surface area contributed by atoms with E-state index in [1.807, 2.05) is 18.2 Å². The molecule has 0 spiro atoms. The molecular formula is C14H24Cl2N4O. The van der Waals surface area contributed by atoms with Crippen LogP contribution in [0, 0.1) is 5.92 Å². The van der Waals surface area contributed by atoms with Crippen molar-refractivity contribution in [3.8, 4) is 0 Å². The quantitative estimate of drug-likeness (QED) is 0.666. The van der Waals surface area contributed by atoms with E-state index in [1.54, 1.807) is 6.20 Å². The van der Waals surface area contributed by atoms with Gasteiger partial charge in [0.25, 0.3) is 0 Å². The molecule has 1 fully saturated rings. The number of pyridine rings is 1. The second-order valence-corrected chi connectivity index (χ2v) is 4.83. The number of carbonyl (C=O) groups excluding carboxylic acids is 1. The largest absolute Gasteiger partial charge is 0.370 e. The number of anilines is 1. The van der Waals surface area contributed by atoms with Gasteiger partial charge < -0.3 is 16.0 Å². The van der Waals surface area contributed by atoms with E-state index < -0.39 is 0 Å². The smallest absolute Gasteiger partial charge is 0.224 e. The van der Waals surface area contributed by atoms with Crippen LogP contribution in [0.4, 0.5) is 5.82 Å². The van der Waals surface area contributed by atoms with E-state index in [-0.39, 0.29) is 36.6 Å². The van der Waals surface area contributed by atoms with Crippen LogP contribution in [-0.4, -0.2) is 37.1 Å². The van der Waals surface area contributed by atoms with Crippen molar-refractivity contribution in [1.82, 2.24) is 15.6 Å². The lowest BCUT2D eigenvalue weighted by Gasteiger charge is -2.10. The summed E-state index contributed by atoms with van der Waals surface area (Å²) in [5.41, 5.74) is 0. The highest BCUT2D eigenvalue weighted by Crippen LogP contribution is 2.07. The maximum absolute atomic E-state index is 11.7. The highest BCUT2D eigenvalue weighted by atomic mass is 35.5. The van der Waals surface area contributed by atoms with E-state index in [0.29, 0.717) is 0 Å². The molecule has 0 saturated carbocycles. The van der Waals surface area contributed by atoms with E-state index in [2.05, 4.69) is 20.9 Å². The maximum Gasteiger partial charge on any atom is 0.224 e. The highest BCUT2D eigenvalue weighted by Gasteiger charge is 2.21. The summed E-state index contributed by atoms with van der Waals surface area (Å²) in [6.45, 7) is 3.44. The number of rotatable bonds is 7. The third-order valence-corrected chi connectivity index (χ3v) is 3.30. The molecule has 0 aromatic carbocycles. The Labute approximate surface area is 138 Å². The monoisotopic (exact) mass is 334 g/mol. The maximum atomic E-state index is 11.7. The standard InChI is InChI=1S/C14H22N4O.2ClH/c19-14(12-6-10-15-11-12)18-9-4-3-8-17-13-5-1-2-7-16-13;;/h1-2,5,7,12,15H,3-4,6,8-11H2,(H,16,17)(H,18,19);2*1H. The van der Waals surface area contributed by atoms with Gasteiger partial charge in [-0.15, -0.1) is 24.8 Å². The normalized spacial score (nSPS) is 16.5. The molecule has 7 heteroatoms. The Kier molecular flexibility index (Phi) is 11.0. The molecule has 2 rings (SSSR count). The molecule has 5 nitrogen and oxygen atoms in total. The number of nitrogens with zero attached hydrogens (tertiary/aromatic N) is 1. The number of aromatic nitrogens is 1. The Morgan fingerprint density at radius 2 is 2.10 bits per heavy atom. The average molecular weight is 335 g/mol. The third kappa shape index (κ3) is 7.50. The number of halogens is 2. The summed E-state index contributed by atoms with van der Waals surface area (Å²) >= 11 is 0. The Hall–Kier alpha value is -1.04. The predicted molar refractivity (Wildman–Crippen MR) is 90.4 cm³/mol. The van der Waals surface area contributed by atoms with Crippen LogP contribution in [-0.2, 0) is 4.79 Å². The van der Waals surface area contributed by atoms with Gasteiger partial charge in [-0.25, -0.2) is 4.98 Å². The topological polar surface area (TPSA) is 66.0 Å². The van der Waals surface area contributed by atoms with E-state index in [9.17, 15) is 4.79 Å². The molecule has 3 N–H and O–H groups in total. The lowest BCUT2D eigenvalue weighted by atomic mass is 10.1. The Morgan fingerprint density at radius 1 is 1.29 bits per heavy atom. The number of amides is 1. The van der Waals surface area contributed by atoms with E-state index in [0.717, 1.165) is 51.3 Å². The van der Waals surface area contributed by atoms with Crippen LogP contribution in [0.1, 0.15) is 19.3 Å². The molecule has 2 heterocycles. The van der Waals surface area contributed by atoms with Gasteiger partial charge in [0.1, 0.15) is 5.82 Å². The summed E-state index contributed by atoms with van der Waals surface area (Å²) < 4.78 is 0. The zero-order valence-electron chi connectivity index (χ0n) is 12.0. The number of unbranched alkanes of at least 4 members (excludes halogenated alkanes) is 1. The summed E-state index contributed by atoms with van der Waals surface area (Å²) in [4.78, 5) is 15.9. The molecule has 120 valence electrons. The van der Waals surface area contributed by atoms with Crippen LogP contribution in [0.5, 0.6) is 0 Å². The fraction of sp³-hybridized carbons (Fsp3) is 0.571. The van der Waals surface area contributed by atoms with Gasteiger partial charge in [0.05, 0.1) is 5.92 Å². The predicted octanol–water partition coefficient (Wildman–Crippen LogP) is 1.84. The highest BCUT2D eigenvalue weighted by molar-refractivity contribution is 5.85. The van der Waals surface area contributed by atoms with E-state index in [1.165, 1.54) is 0 Å². The van der Waals surface area contributed by atoms with Crippen molar-refractivity contribution in [2.75, 3.05) is 31.5 Å². The summed E-state index contributed by atoms with van der Waals surface area (Å²) in [7, 11) is 0. The van der Waals surface area contributed by atoms with Crippen LogP contribution in [0.15, 0.2) is 24.4 Å². The molecule has 1 unspecified atom stereocenters. The minimum absolute atomic E-state index is 0. The molecule has 21 heavy (non-hydrogen) atoms. The molecule has 0 radical (unpaired) electrons. The molecule has 0 bridgehead atoms. The first-order chi connectivity index (χ1) is 9.36. The van der Waals surface area contributed by atoms with Gasteiger partial charge in [0.15, 0.2) is 0 Å². The van der Waals surface area contributed by atoms with Crippen molar-refractivity contribution < 1.29 is 4.79 Å². The van der Waals surface area contributed by atoms with Crippen LogP contribution in [0.25, 0.3) is 0 Å². The van der Waals surface area contributed by atoms with Crippen LogP contribution < -0.4 is 16.0 Å². The number of hydrogen-bond donors (Lipinski definition) is 3. The zero-order valence-corrected chi connectivity index (χ0v) is 13.6. The summed E-state index contributed by atoms with van der Waals surface area (Å²) in [5.74, 6) is 1.28. The lowest BCUT2D eigenvalue weighted by molar-refractivity contribution is -0.124. The molecule has 0 aliphatic carbocycles. The Balaban J connectivity index is 0.00000200. The van der Waals surface area contributed by atoms with E-state index in [4.69, 9.17) is 0 Å². The van der Waals surface area contributed by atoms with Gasteiger partial charge in [-0.3, -0.25) is 4.79 Å². The SMILES string of the molecule is Cl.Cl.O=C(NCCCCNc1ccccn1)C1CCNC1. The van der Waals surface area contributed by atoms with Gasteiger partial charge >= 0.3 is 0 Å². The molecule has 1 aromatic heterocycles. The van der Waals surface area contributed by atoms with Crippen molar-refractivity contribution in [2.45, 2.75) is 19.3 Å². The Bertz CT molecular complexity index is 386. The van der Waals surface area contributed by atoms with Crippen molar-refractivity contribution >= 4 is 36.5 Å². The van der Waals surface area contributed by atoms with Gasteiger partial charge in [0, 0.05) is 25.8 Å². The number of nitrogens with one attached hydrogen (secondary N) is 3. The minimum atomic E-state index is 0. The first kappa shape index (κ1) is 20.0. The first-order valence-electron chi connectivity index (χ1n) is 6.99. The molecule has 1 aromatic rings. The van der Waals surface area contributed by atoms with Crippen LogP contribution >= 0.6 is 24.8 Å². The molecular weight excluding hydrogens is 311 g/mol. The van der Waals surface area contributed by atoms with Crippen LogP contribution in [0.3, 0.4) is 0 Å². The van der Waals surface area contributed by atoms with Crippen LogP contribution in [0.2, 0.25) is 0 Å². The van der Waals surface area contributed by atoms with Gasteiger partial charge in [0.2, 0.25) is 5.91 Å². The third-order valence-electron chi connectivity index (χ3n) is 3.30. The molecule has 1 aliphatic rings. The minimum Gasteiger partial charge on any atom is -0.370 e. The fourth-order valence-electron chi connectivity index (χ4n) is 2.17. The van der Waals surface area contributed by atoms with Gasteiger partial charge in [-0.2, -0.15) is 0 Å². The lowest BCUT2D eigenvalue weighted by Crippen LogP contribution is -2.32. The molecule has 1 amide bonds. The van der Waals surface area contributed by atoms with E-state index >= 15 is 0 Å². The second-order valence-electron chi connectivity index (χ2n) is 4.83. The summed E-state index contributed by atoms with van der Waals surface area (Å²) in [5, 5.41) is 9.46. The molecule has 1 aliphatic heterocycles. The zero-order chi connectivity index (χ0) is 13.3. The first-order valence-corrected chi connectivity index (χ1v) is 6.99. The summed E-state index contributed by atoms with van der Waals surface area (Å²) in [6.07, 6.45) is 4.76. The van der Waals surface area contributed by atoms with Crippen molar-refractivity contribution in [1.29, 1.82) is 0 Å². The number of hydrogen-bond acceptors (Lipinski definition) is 4. The average Bonchev–Trinajstić information content (AvgIpc) is 2.98. The fourth-order valence-corrected chi connectivity index (χ4v) is 2.17. The second kappa shape index (κ2) is 11.6. The number of carbonyl (C=O) groups is 1. The summed E-state index contributed by atoms with van der Waals surface area (Å²) in [6, 6.07) is 5.82. The van der Waals surface area contributed by atoms with Crippen molar-refractivity contribution in [3.63, 3.8) is 0 Å². The molecule has 1 saturated heterocycles. The van der Waals surface area contributed by atoms with Gasteiger partial charge in [-0.1, -0.05) is 6.07 Å².